The molecule has 0 aromatic heterocycles. The lowest BCUT2D eigenvalue weighted by Gasteiger charge is -2.33. The number of rotatable bonds is 9. The Balaban J connectivity index is 2.22. The smallest absolute Gasteiger partial charge is 0.261 e. The second-order valence-corrected chi connectivity index (χ2v) is 8.28. The molecule has 168 valence electrons. The summed E-state index contributed by atoms with van der Waals surface area (Å²) in [6.07, 6.45) is 0.445. The number of hydrogen-bond donors (Lipinski definition) is 1. The highest BCUT2D eigenvalue weighted by Crippen LogP contribution is 2.18. The third-order valence-electron chi connectivity index (χ3n) is 4.57. The Morgan fingerprint density at radius 1 is 1.03 bits per heavy atom. The van der Waals surface area contributed by atoms with E-state index in [1.54, 1.807) is 7.11 Å². The van der Waals surface area contributed by atoms with Crippen molar-refractivity contribution in [3.8, 4) is 11.5 Å². The van der Waals surface area contributed by atoms with Gasteiger partial charge in [0.2, 0.25) is 5.91 Å². The first-order valence-corrected chi connectivity index (χ1v) is 10.3. The molecule has 0 spiro atoms. The summed E-state index contributed by atoms with van der Waals surface area (Å²) in [6, 6.07) is 12.1. The van der Waals surface area contributed by atoms with Crippen molar-refractivity contribution in [1.82, 2.24) is 10.2 Å². The van der Waals surface area contributed by atoms with E-state index in [2.05, 4.69) is 5.32 Å². The molecule has 0 saturated heterocycles. The maximum atomic E-state index is 13.1. The molecule has 7 heteroatoms. The van der Waals surface area contributed by atoms with Crippen LogP contribution in [0, 0.1) is 5.82 Å². The highest BCUT2D eigenvalue weighted by molar-refractivity contribution is 5.88. The van der Waals surface area contributed by atoms with E-state index in [4.69, 9.17) is 9.47 Å². The van der Waals surface area contributed by atoms with E-state index in [1.165, 1.54) is 29.2 Å². The summed E-state index contributed by atoms with van der Waals surface area (Å²) in [7, 11) is 1.58. The van der Waals surface area contributed by atoms with Gasteiger partial charge in [0.25, 0.3) is 5.91 Å². The van der Waals surface area contributed by atoms with E-state index in [0.717, 1.165) is 5.56 Å². The zero-order chi connectivity index (χ0) is 23.0. The first-order chi connectivity index (χ1) is 14.6. The van der Waals surface area contributed by atoms with Crippen molar-refractivity contribution in [2.45, 2.75) is 52.2 Å². The Labute approximate surface area is 183 Å². The SMILES string of the molecule is CC[C@H](C(=O)NC(C)(C)C)N(Cc1ccc(OC)cc1)C(=O)COc1ccc(F)cc1. The molecule has 2 rings (SSSR count). The summed E-state index contributed by atoms with van der Waals surface area (Å²) in [5, 5.41) is 2.95. The third-order valence-corrected chi connectivity index (χ3v) is 4.57. The van der Waals surface area contributed by atoms with Crippen LogP contribution in [0.4, 0.5) is 4.39 Å². The topological polar surface area (TPSA) is 67.9 Å². The van der Waals surface area contributed by atoms with Gasteiger partial charge < -0.3 is 19.7 Å². The second-order valence-electron chi connectivity index (χ2n) is 8.28. The molecule has 2 aromatic rings. The first kappa shape index (κ1) is 24.2. The van der Waals surface area contributed by atoms with Gasteiger partial charge in [0.15, 0.2) is 6.61 Å². The molecule has 0 aliphatic carbocycles. The lowest BCUT2D eigenvalue weighted by molar-refractivity contribution is -0.143. The molecule has 1 N–H and O–H groups in total. The van der Waals surface area contributed by atoms with E-state index in [9.17, 15) is 14.0 Å². The van der Waals surface area contributed by atoms with Crippen LogP contribution in [-0.2, 0) is 16.1 Å². The van der Waals surface area contributed by atoms with Gasteiger partial charge in [0, 0.05) is 12.1 Å². The van der Waals surface area contributed by atoms with Gasteiger partial charge in [-0.1, -0.05) is 19.1 Å². The largest absolute Gasteiger partial charge is 0.497 e. The van der Waals surface area contributed by atoms with Gasteiger partial charge in [0.1, 0.15) is 23.4 Å². The molecule has 0 fully saturated rings. The molecule has 0 radical (unpaired) electrons. The average molecular weight is 431 g/mol. The van der Waals surface area contributed by atoms with Gasteiger partial charge in [-0.2, -0.15) is 0 Å². The number of benzene rings is 2. The molecule has 1 atom stereocenters. The van der Waals surface area contributed by atoms with Gasteiger partial charge in [-0.25, -0.2) is 4.39 Å². The van der Waals surface area contributed by atoms with Crippen LogP contribution in [0.5, 0.6) is 11.5 Å². The number of carbonyl (C=O) groups excluding carboxylic acids is 2. The summed E-state index contributed by atoms with van der Waals surface area (Å²) < 4.78 is 23.8. The minimum absolute atomic E-state index is 0.223. The quantitative estimate of drug-likeness (QED) is 0.655. The van der Waals surface area contributed by atoms with Crippen LogP contribution in [0.2, 0.25) is 0 Å². The number of halogens is 1. The Morgan fingerprint density at radius 2 is 1.61 bits per heavy atom. The molecule has 2 amide bonds. The molecular formula is C24H31FN2O4. The fraction of sp³-hybridized carbons (Fsp3) is 0.417. The summed E-state index contributed by atoms with van der Waals surface area (Å²) in [4.78, 5) is 27.6. The summed E-state index contributed by atoms with van der Waals surface area (Å²) >= 11 is 0. The summed E-state index contributed by atoms with van der Waals surface area (Å²) in [6.45, 7) is 7.52. The Bertz CT molecular complexity index is 861. The van der Waals surface area contributed by atoms with Gasteiger partial charge in [-0.3, -0.25) is 9.59 Å². The van der Waals surface area contributed by atoms with Gasteiger partial charge >= 0.3 is 0 Å². The van der Waals surface area contributed by atoms with Gasteiger partial charge in [0.05, 0.1) is 7.11 Å². The van der Waals surface area contributed by atoms with Gasteiger partial charge in [-0.15, -0.1) is 0 Å². The number of ether oxygens (including phenoxy) is 2. The second kappa shape index (κ2) is 10.8. The summed E-state index contributed by atoms with van der Waals surface area (Å²) in [5.74, 6) is 0.143. The molecule has 0 bridgehead atoms. The predicted molar refractivity (Wildman–Crippen MR) is 117 cm³/mol. The molecule has 0 aliphatic rings. The first-order valence-electron chi connectivity index (χ1n) is 10.3. The number of nitrogens with one attached hydrogen (secondary N) is 1. The van der Waals surface area contributed by atoms with Crippen molar-refractivity contribution in [2.75, 3.05) is 13.7 Å². The van der Waals surface area contributed by atoms with Crippen LogP contribution < -0.4 is 14.8 Å². The van der Waals surface area contributed by atoms with E-state index in [0.29, 0.717) is 17.9 Å². The zero-order valence-corrected chi connectivity index (χ0v) is 18.8. The molecule has 0 heterocycles. The van der Waals surface area contributed by atoms with Crippen LogP contribution in [0.3, 0.4) is 0 Å². The van der Waals surface area contributed by atoms with Crippen LogP contribution in [-0.4, -0.2) is 42.0 Å². The predicted octanol–water partition coefficient (Wildman–Crippen LogP) is 3.94. The normalized spacial score (nSPS) is 12.1. The highest BCUT2D eigenvalue weighted by atomic mass is 19.1. The number of hydrogen-bond acceptors (Lipinski definition) is 4. The van der Waals surface area contributed by atoms with Crippen LogP contribution in [0.1, 0.15) is 39.7 Å². The maximum absolute atomic E-state index is 13.1. The maximum Gasteiger partial charge on any atom is 0.261 e. The van der Waals surface area contributed by atoms with Crippen LogP contribution in [0.25, 0.3) is 0 Å². The van der Waals surface area contributed by atoms with Crippen molar-refractivity contribution in [2.24, 2.45) is 0 Å². The number of methoxy groups -OCH3 is 1. The molecule has 0 saturated carbocycles. The Morgan fingerprint density at radius 3 is 2.13 bits per heavy atom. The van der Waals surface area contributed by atoms with Crippen LogP contribution in [0.15, 0.2) is 48.5 Å². The monoisotopic (exact) mass is 430 g/mol. The van der Waals surface area contributed by atoms with Crippen molar-refractivity contribution >= 4 is 11.8 Å². The molecule has 6 nitrogen and oxygen atoms in total. The lowest BCUT2D eigenvalue weighted by Crippen LogP contribution is -2.54. The minimum Gasteiger partial charge on any atom is -0.497 e. The van der Waals surface area contributed by atoms with E-state index < -0.39 is 11.6 Å². The van der Waals surface area contributed by atoms with Crippen molar-refractivity contribution in [1.29, 1.82) is 0 Å². The van der Waals surface area contributed by atoms with Crippen LogP contribution >= 0.6 is 0 Å². The Kier molecular flexibility index (Phi) is 8.42. The fourth-order valence-electron chi connectivity index (χ4n) is 3.06. The molecular weight excluding hydrogens is 399 g/mol. The molecule has 2 aromatic carbocycles. The Hall–Kier alpha value is -3.09. The number of amides is 2. The summed E-state index contributed by atoms with van der Waals surface area (Å²) in [5.41, 5.74) is 0.433. The third kappa shape index (κ3) is 7.59. The van der Waals surface area contributed by atoms with Gasteiger partial charge in [-0.05, 0) is 69.2 Å². The van der Waals surface area contributed by atoms with E-state index in [1.807, 2.05) is 52.0 Å². The zero-order valence-electron chi connectivity index (χ0n) is 18.8. The van der Waals surface area contributed by atoms with Crippen molar-refractivity contribution in [3.63, 3.8) is 0 Å². The number of nitrogens with zero attached hydrogens (tertiary/aromatic N) is 1. The standard InChI is InChI=1S/C24H31FN2O4/c1-6-21(23(29)26-24(2,3)4)27(15-17-7-11-19(30-5)12-8-17)22(28)16-31-20-13-9-18(25)10-14-20/h7-14,21H,6,15-16H2,1-5H3,(H,26,29)/t21-/m1/s1. The van der Waals surface area contributed by atoms with E-state index >= 15 is 0 Å². The van der Waals surface area contributed by atoms with E-state index in [-0.39, 0.29) is 30.8 Å². The fourth-order valence-corrected chi connectivity index (χ4v) is 3.06. The van der Waals surface area contributed by atoms with Crippen molar-refractivity contribution in [3.05, 3.63) is 59.9 Å². The molecule has 0 unspecified atom stereocenters. The lowest BCUT2D eigenvalue weighted by atomic mass is 10.1. The number of carbonyl (C=O) groups is 2. The minimum atomic E-state index is -0.661. The average Bonchev–Trinajstić information content (AvgIpc) is 2.72. The van der Waals surface area contributed by atoms with Crippen molar-refractivity contribution < 1.29 is 23.5 Å². The highest BCUT2D eigenvalue weighted by Gasteiger charge is 2.30. The molecule has 31 heavy (non-hydrogen) atoms. The molecule has 0 aliphatic heterocycles.